The number of nitrogens with zero attached hydrogens (tertiary/aromatic N) is 2. The van der Waals surface area contributed by atoms with Crippen molar-refractivity contribution in [1.29, 1.82) is 0 Å². The molecule has 8 heteroatoms. The van der Waals surface area contributed by atoms with Gasteiger partial charge in [0.15, 0.2) is 0 Å². The molecule has 1 aromatic heterocycles. The Morgan fingerprint density at radius 3 is 2.90 bits per heavy atom. The van der Waals surface area contributed by atoms with Crippen LogP contribution < -0.4 is 5.32 Å². The molecule has 1 aliphatic rings. The summed E-state index contributed by atoms with van der Waals surface area (Å²) in [5.41, 5.74) is 0.0395. The normalized spacial score (nSPS) is 17.9. The number of aryl methyl sites for hydroxylation is 1. The third-order valence-corrected chi connectivity index (χ3v) is 4.40. The smallest absolute Gasteiger partial charge is 0.283 e. The van der Waals surface area contributed by atoms with E-state index in [1.165, 1.54) is 17.4 Å². The topological polar surface area (TPSA) is 75.5 Å². The molecule has 0 radical (unpaired) electrons. The van der Waals surface area contributed by atoms with Crippen LogP contribution in [0, 0.1) is 17.0 Å². The van der Waals surface area contributed by atoms with E-state index in [1.54, 1.807) is 6.92 Å². The van der Waals surface area contributed by atoms with Crippen molar-refractivity contribution in [2.45, 2.75) is 25.8 Å². The minimum Gasteiger partial charge on any atom is -0.334 e. The first-order valence-electron chi connectivity index (χ1n) is 6.25. The Hall–Kier alpha value is -1.18. The summed E-state index contributed by atoms with van der Waals surface area (Å²) >= 11 is 1.20. The van der Waals surface area contributed by atoms with Gasteiger partial charge in [-0.25, -0.2) is 0 Å². The molecule has 0 bridgehead atoms. The van der Waals surface area contributed by atoms with Crippen LogP contribution in [0.25, 0.3) is 0 Å². The van der Waals surface area contributed by atoms with Crippen LogP contribution in [0.1, 0.15) is 27.4 Å². The zero-order valence-corrected chi connectivity index (χ0v) is 13.1. The van der Waals surface area contributed by atoms with Crippen LogP contribution in [0.5, 0.6) is 0 Å². The van der Waals surface area contributed by atoms with Gasteiger partial charge in [-0.15, -0.1) is 23.7 Å². The van der Waals surface area contributed by atoms with E-state index in [0.29, 0.717) is 9.75 Å². The Morgan fingerprint density at radius 1 is 1.65 bits per heavy atom. The van der Waals surface area contributed by atoms with Gasteiger partial charge in [0.1, 0.15) is 0 Å². The van der Waals surface area contributed by atoms with E-state index in [1.807, 2.05) is 11.9 Å². The molecular formula is C12H18ClN3O3S. The molecule has 1 atom stereocenters. The third kappa shape index (κ3) is 3.28. The van der Waals surface area contributed by atoms with Crippen molar-refractivity contribution in [3.63, 3.8) is 0 Å². The molecule has 1 N–H and O–H groups in total. The molecule has 0 saturated carbocycles. The number of rotatable bonds is 4. The summed E-state index contributed by atoms with van der Waals surface area (Å²) in [4.78, 5) is 25.7. The molecule has 2 heterocycles. The molecule has 0 aliphatic carbocycles. The number of halogens is 1. The Morgan fingerprint density at radius 2 is 2.35 bits per heavy atom. The highest BCUT2D eigenvalue weighted by Gasteiger charge is 2.31. The van der Waals surface area contributed by atoms with Crippen LogP contribution in [0.3, 0.4) is 0 Å². The van der Waals surface area contributed by atoms with Gasteiger partial charge in [-0.1, -0.05) is 0 Å². The van der Waals surface area contributed by atoms with E-state index in [0.717, 1.165) is 25.9 Å². The first-order valence-corrected chi connectivity index (χ1v) is 7.06. The summed E-state index contributed by atoms with van der Waals surface area (Å²) in [6.45, 7) is 3.17. The largest absolute Gasteiger partial charge is 0.334 e. The van der Waals surface area contributed by atoms with Crippen LogP contribution in [-0.4, -0.2) is 41.9 Å². The van der Waals surface area contributed by atoms with Crippen LogP contribution in [0.4, 0.5) is 5.69 Å². The van der Waals surface area contributed by atoms with Crippen molar-refractivity contribution in [3.05, 3.63) is 25.9 Å². The molecule has 1 unspecified atom stereocenters. The van der Waals surface area contributed by atoms with Crippen molar-refractivity contribution in [2.75, 3.05) is 20.1 Å². The summed E-state index contributed by atoms with van der Waals surface area (Å²) in [6.07, 6.45) is 1.98. The molecule has 112 valence electrons. The third-order valence-electron chi connectivity index (χ3n) is 3.38. The van der Waals surface area contributed by atoms with Crippen LogP contribution >= 0.6 is 23.7 Å². The van der Waals surface area contributed by atoms with Crippen molar-refractivity contribution in [2.24, 2.45) is 0 Å². The quantitative estimate of drug-likeness (QED) is 0.682. The minimum absolute atomic E-state index is 0. The fraction of sp³-hybridized carbons (Fsp3) is 0.583. The molecule has 2 rings (SSSR count). The zero-order chi connectivity index (χ0) is 14.0. The van der Waals surface area contributed by atoms with E-state index in [9.17, 15) is 14.9 Å². The van der Waals surface area contributed by atoms with Gasteiger partial charge in [-0.3, -0.25) is 14.9 Å². The lowest BCUT2D eigenvalue weighted by molar-refractivity contribution is -0.385. The lowest BCUT2D eigenvalue weighted by Crippen LogP contribution is -2.40. The van der Waals surface area contributed by atoms with Crippen LogP contribution in [0.15, 0.2) is 6.07 Å². The maximum Gasteiger partial charge on any atom is 0.283 e. The van der Waals surface area contributed by atoms with Crippen LogP contribution in [0.2, 0.25) is 0 Å². The van der Waals surface area contributed by atoms with Crippen molar-refractivity contribution in [1.82, 2.24) is 10.2 Å². The summed E-state index contributed by atoms with van der Waals surface area (Å²) in [7, 11) is 1.86. The highest BCUT2D eigenvalue weighted by molar-refractivity contribution is 7.14. The van der Waals surface area contributed by atoms with Gasteiger partial charge in [0.25, 0.3) is 11.6 Å². The first kappa shape index (κ1) is 16.9. The number of carbonyl (C=O) groups is 1. The highest BCUT2D eigenvalue weighted by Crippen LogP contribution is 2.30. The van der Waals surface area contributed by atoms with Crippen molar-refractivity contribution >= 4 is 35.3 Å². The van der Waals surface area contributed by atoms with E-state index < -0.39 is 4.92 Å². The van der Waals surface area contributed by atoms with Gasteiger partial charge in [-0.2, -0.15) is 0 Å². The second kappa shape index (κ2) is 7.01. The van der Waals surface area contributed by atoms with Crippen molar-refractivity contribution in [3.8, 4) is 0 Å². The standard InChI is InChI=1S/C12H17N3O3S.ClH/c1-8-10(15(17)18)6-11(19-8)12(16)14-5-3-4-9(14)7-13-2;/h6,9,13H,3-5,7H2,1-2H3;1H. The van der Waals surface area contributed by atoms with E-state index in [4.69, 9.17) is 0 Å². The number of nitrogens with one attached hydrogen (secondary N) is 1. The predicted molar refractivity (Wildman–Crippen MR) is 80.9 cm³/mol. The summed E-state index contributed by atoms with van der Waals surface area (Å²) in [6, 6.07) is 1.59. The molecule has 20 heavy (non-hydrogen) atoms. The monoisotopic (exact) mass is 319 g/mol. The van der Waals surface area contributed by atoms with Gasteiger partial charge in [0, 0.05) is 25.2 Å². The Kier molecular flexibility index (Phi) is 5.91. The number of thiophene rings is 1. The Bertz CT molecular complexity index is 506. The number of hydrogen-bond acceptors (Lipinski definition) is 5. The molecule has 0 spiro atoms. The number of likely N-dealkylation sites (N-methyl/N-ethyl adjacent to an activating group) is 1. The lowest BCUT2D eigenvalue weighted by atomic mass is 10.2. The number of carbonyl (C=O) groups excluding carboxylic acids is 1. The zero-order valence-electron chi connectivity index (χ0n) is 11.4. The summed E-state index contributed by atoms with van der Waals surface area (Å²) < 4.78 is 0. The number of nitro groups is 1. The summed E-state index contributed by atoms with van der Waals surface area (Å²) in [5, 5.41) is 13.9. The Labute approximate surface area is 127 Å². The van der Waals surface area contributed by atoms with Crippen molar-refractivity contribution < 1.29 is 9.72 Å². The SMILES string of the molecule is CNCC1CCCN1C(=O)c1cc([N+](=O)[O-])c(C)s1.Cl. The molecule has 6 nitrogen and oxygen atoms in total. The molecule has 1 aliphatic heterocycles. The molecule has 1 amide bonds. The number of amides is 1. The molecular weight excluding hydrogens is 302 g/mol. The number of likely N-dealkylation sites (tertiary alicyclic amines) is 1. The predicted octanol–water partition coefficient (Wildman–Crippen LogP) is 2.21. The second-order valence-electron chi connectivity index (χ2n) is 4.66. The van der Waals surface area contributed by atoms with Gasteiger partial charge < -0.3 is 10.2 Å². The van der Waals surface area contributed by atoms with Gasteiger partial charge in [0.2, 0.25) is 0 Å². The van der Waals surface area contributed by atoms with Crippen LogP contribution in [-0.2, 0) is 0 Å². The van der Waals surface area contributed by atoms with E-state index >= 15 is 0 Å². The van der Waals surface area contributed by atoms with E-state index in [-0.39, 0.29) is 30.0 Å². The molecule has 0 aromatic carbocycles. The average Bonchev–Trinajstić information content (AvgIpc) is 2.95. The van der Waals surface area contributed by atoms with E-state index in [2.05, 4.69) is 5.32 Å². The fourth-order valence-electron chi connectivity index (χ4n) is 2.45. The van der Waals surface area contributed by atoms with Gasteiger partial charge in [-0.05, 0) is 26.8 Å². The lowest BCUT2D eigenvalue weighted by Gasteiger charge is -2.23. The van der Waals surface area contributed by atoms with Gasteiger partial charge in [0.05, 0.1) is 14.7 Å². The minimum atomic E-state index is -0.433. The Balaban J connectivity index is 0.00000200. The molecule has 1 fully saturated rings. The first-order chi connectivity index (χ1) is 9.04. The number of hydrogen-bond donors (Lipinski definition) is 1. The molecule has 1 aromatic rings. The highest BCUT2D eigenvalue weighted by atomic mass is 35.5. The maximum absolute atomic E-state index is 12.4. The van der Waals surface area contributed by atoms with Gasteiger partial charge >= 0.3 is 0 Å². The second-order valence-corrected chi connectivity index (χ2v) is 5.92. The molecule has 1 saturated heterocycles. The fourth-order valence-corrected chi connectivity index (χ4v) is 3.39. The average molecular weight is 320 g/mol. The summed E-state index contributed by atoms with van der Waals surface area (Å²) in [5.74, 6) is -0.0843. The maximum atomic E-state index is 12.4.